The van der Waals surface area contributed by atoms with E-state index in [0.29, 0.717) is 28.2 Å². The Kier molecular flexibility index (Phi) is 4.11. The minimum absolute atomic E-state index is 0.130. The molecule has 2 aliphatic rings. The van der Waals surface area contributed by atoms with Crippen molar-refractivity contribution in [2.75, 3.05) is 23.7 Å². The molecule has 0 saturated carbocycles. The van der Waals surface area contributed by atoms with Gasteiger partial charge in [0.1, 0.15) is 28.5 Å². The highest BCUT2D eigenvalue weighted by atomic mass is 16.5. The number of nitrogens with two attached hydrogens (primary N) is 2. The third kappa shape index (κ3) is 2.69. The normalized spacial score (nSPS) is 20.8. The Morgan fingerprint density at radius 3 is 2.60 bits per heavy atom. The number of aryl methyl sites for hydroxylation is 1. The van der Waals surface area contributed by atoms with Crippen LogP contribution in [0.5, 0.6) is 5.75 Å². The number of carbonyl (C=O) groups is 1. The van der Waals surface area contributed by atoms with E-state index in [1.165, 1.54) is 0 Å². The number of phenols is 1. The maximum atomic E-state index is 12.3. The molecule has 5 N–H and O–H groups in total. The predicted molar refractivity (Wildman–Crippen MR) is 113 cm³/mol. The Balaban J connectivity index is 1.72. The summed E-state index contributed by atoms with van der Waals surface area (Å²) in [4.78, 5) is 23.8. The number of benzene rings is 1. The molecule has 0 spiro atoms. The van der Waals surface area contributed by atoms with Gasteiger partial charge in [0.2, 0.25) is 0 Å². The minimum atomic E-state index is -0.666. The number of nitrogens with zero attached hydrogens (tertiary/aromatic N) is 4. The highest BCUT2D eigenvalue weighted by Crippen LogP contribution is 2.36. The number of fused-ring (bicyclic) bond motifs is 3. The molecular weight excluding hydrogens is 384 g/mol. The molecule has 2 fully saturated rings. The van der Waals surface area contributed by atoms with E-state index in [9.17, 15) is 9.90 Å². The average molecular weight is 408 g/mol. The van der Waals surface area contributed by atoms with Crippen LogP contribution in [0, 0.1) is 13.8 Å². The molecule has 3 aromatic rings. The van der Waals surface area contributed by atoms with Gasteiger partial charge in [-0.3, -0.25) is 9.36 Å². The number of amides is 1. The smallest absolute Gasteiger partial charge is 0.254 e. The number of hydrogen-bond donors (Lipinski definition) is 3. The molecule has 5 rings (SSSR count). The number of primary amides is 1. The molecule has 1 aromatic carbocycles. The number of ether oxygens (including phenoxy) is 1. The number of aromatic hydroxyl groups is 1. The zero-order chi connectivity index (χ0) is 21.2. The molecule has 2 saturated heterocycles. The molecule has 9 heteroatoms. The van der Waals surface area contributed by atoms with Crippen molar-refractivity contribution in [2.45, 2.75) is 38.9 Å². The second kappa shape index (κ2) is 6.60. The molecule has 1 amide bonds. The number of rotatable bonds is 3. The van der Waals surface area contributed by atoms with E-state index >= 15 is 0 Å². The molecule has 2 aliphatic heterocycles. The van der Waals surface area contributed by atoms with Crippen LogP contribution in [-0.4, -0.2) is 50.8 Å². The van der Waals surface area contributed by atoms with Gasteiger partial charge in [0.25, 0.3) is 5.91 Å². The number of hydrogen-bond acceptors (Lipinski definition) is 7. The van der Waals surface area contributed by atoms with Gasteiger partial charge in [-0.25, -0.2) is 9.97 Å². The zero-order valence-corrected chi connectivity index (χ0v) is 16.9. The first-order valence-corrected chi connectivity index (χ1v) is 10.0. The lowest BCUT2D eigenvalue weighted by Crippen LogP contribution is -2.43. The van der Waals surface area contributed by atoms with Crippen LogP contribution in [0.1, 0.15) is 34.3 Å². The Bertz CT molecular complexity index is 1180. The van der Waals surface area contributed by atoms with Gasteiger partial charge in [-0.2, -0.15) is 0 Å². The van der Waals surface area contributed by atoms with E-state index in [1.54, 1.807) is 29.8 Å². The monoisotopic (exact) mass is 408 g/mol. The van der Waals surface area contributed by atoms with Crippen LogP contribution in [0.2, 0.25) is 0 Å². The highest BCUT2D eigenvalue weighted by molar-refractivity contribution is 6.09. The molecule has 4 heterocycles. The molecule has 2 atom stereocenters. The van der Waals surface area contributed by atoms with Gasteiger partial charge in [0.05, 0.1) is 24.1 Å². The molecular formula is C21H24N6O3. The fourth-order valence-electron chi connectivity index (χ4n) is 4.64. The first-order chi connectivity index (χ1) is 14.3. The number of aromatic nitrogens is 3. The minimum Gasteiger partial charge on any atom is -0.508 e. The summed E-state index contributed by atoms with van der Waals surface area (Å²) in [5.74, 6) is 0.297. The summed E-state index contributed by atoms with van der Waals surface area (Å²) in [7, 11) is 0. The van der Waals surface area contributed by atoms with Crippen LogP contribution in [0.4, 0.5) is 11.6 Å². The van der Waals surface area contributed by atoms with Gasteiger partial charge < -0.3 is 26.2 Å². The highest BCUT2D eigenvalue weighted by Gasteiger charge is 2.35. The van der Waals surface area contributed by atoms with Crippen molar-refractivity contribution in [3.05, 3.63) is 35.0 Å². The van der Waals surface area contributed by atoms with E-state index in [4.69, 9.17) is 21.2 Å². The maximum Gasteiger partial charge on any atom is 0.254 e. The number of morpholine rings is 1. The Hall–Kier alpha value is -3.33. The van der Waals surface area contributed by atoms with Crippen molar-refractivity contribution < 1.29 is 14.6 Å². The van der Waals surface area contributed by atoms with Crippen LogP contribution in [0.15, 0.2) is 18.3 Å². The first kappa shape index (κ1) is 18.7. The summed E-state index contributed by atoms with van der Waals surface area (Å²) in [5, 5.41) is 10.2. The number of phenolic OH excluding ortho intramolecular Hbond substituents is 1. The van der Waals surface area contributed by atoms with E-state index in [-0.39, 0.29) is 29.3 Å². The lowest BCUT2D eigenvalue weighted by atomic mass is 10.1. The van der Waals surface area contributed by atoms with Crippen LogP contribution in [-0.2, 0) is 4.74 Å². The Labute approximate surface area is 173 Å². The molecule has 9 nitrogen and oxygen atoms in total. The lowest BCUT2D eigenvalue weighted by molar-refractivity contribution is 0.0302. The largest absolute Gasteiger partial charge is 0.508 e. The topological polar surface area (TPSA) is 133 Å². The summed E-state index contributed by atoms with van der Waals surface area (Å²) in [6.45, 7) is 5.17. The van der Waals surface area contributed by atoms with Gasteiger partial charge in [-0.05, 0) is 38.3 Å². The van der Waals surface area contributed by atoms with Crippen LogP contribution >= 0.6 is 0 Å². The third-order valence-electron chi connectivity index (χ3n) is 6.13. The summed E-state index contributed by atoms with van der Waals surface area (Å²) in [6.07, 6.45) is 4.18. The number of anilines is 2. The third-order valence-corrected chi connectivity index (χ3v) is 6.13. The van der Waals surface area contributed by atoms with Crippen molar-refractivity contribution in [2.24, 2.45) is 5.73 Å². The summed E-state index contributed by atoms with van der Waals surface area (Å²) in [6, 6.07) is 3.42. The summed E-state index contributed by atoms with van der Waals surface area (Å²) >= 11 is 0. The van der Waals surface area contributed by atoms with Crippen molar-refractivity contribution in [1.82, 2.24) is 14.5 Å². The molecule has 156 valence electrons. The average Bonchev–Trinajstić information content (AvgIpc) is 3.20. The van der Waals surface area contributed by atoms with E-state index in [1.807, 2.05) is 6.92 Å². The molecule has 2 bridgehead atoms. The molecule has 30 heavy (non-hydrogen) atoms. The van der Waals surface area contributed by atoms with E-state index in [0.717, 1.165) is 31.5 Å². The Morgan fingerprint density at radius 1 is 1.23 bits per heavy atom. The quantitative estimate of drug-likeness (QED) is 0.602. The standard InChI is InChI=1S/C21H24N6O3/c1-10-3-6-14(28)11(2)18(10)27-19(22)16(20(23)29)17-21(27)24-7-15(25-17)26-8-12-4-5-13(9-26)30-12/h3,6-7,12-13,28H,4-5,8-9,22H2,1-2H3,(H2,23,29). The van der Waals surface area contributed by atoms with E-state index in [2.05, 4.69) is 9.88 Å². The van der Waals surface area contributed by atoms with Gasteiger partial charge >= 0.3 is 0 Å². The molecule has 2 unspecified atom stereocenters. The van der Waals surface area contributed by atoms with Crippen LogP contribution in [0.25, 0.3) is 16.9 Å². The fourth-order valence-corrected chi connectivity index (χ4v) is 4.64. The van der Waals surface area contributed by atoms with Crippen molar-refractivity contribution in [3.8, 4) is 11.4 Å². The van der Waals surface area contributed by atoms with Crippen molar-refractivity contribution in [3.63, 3.8) is 0 Å². The van der Waals surface area contributed by atoms with Crippen molar-refractivity contribution in [1.29, 1.82) is 0 Å². The van der Waals surface area contributed by atoms with Gasteiger partial charge in [0, 0.05) is 18.7 Å². The number of nitrogen functional groups attached to an aromatic ring is 1. The second-order valence-corrected chi connectivity index (χ2v) is 8.10. The summed E-state index contributed by atoms with van der Waals surface area (Å²) < 4.78 is 7.56. The summed E-state index contributed by atoms with van der Waals surface area (Å²) in [5.41, 5.74) is 15.2. The van der Waals surface area contributed by atoms with E-state index < -0.39 is 5.91 Å². The van der Waals surface area contributed by atoms with Gasteiger partial charge in [-0.1, -0.05) is 6.07 Å². The number of carbonyl (C=O) groups excluding carboxylic acids is 1. The van der Waals surface area contributed by atoms with Crippen LogP contribution in [0.3, 0.4) is 0 Å². The zero-order valence-electron chi connectivity index (χ0n) is 16.9. The predicted octanol–water partition coefficient (Wildman–Crippen LogP) is 1.79. The fraction of sp³-hybridized carbons (Fsp3) is 0.381. The Morgan fingerprint density at radius 2 is 1.93 bits per heavy atom. The van der Waals surface area contributed by atoms with Crippen LogP contribution < -0.4 is 16.4 Å². The first-order valence-electron chi connectivity index (χ1n) is 10.0. The molecule has 2 aromatic heterocycles. The lowest BCUT2D eigenvalue weighted by Gasteiger charge is -2.32. The maximum absolute atomic E-state index is 12.3. The second-order valence-electron chi connectivity index (χ2n) is 8.10. The van der Waals surface area contributed by atoms with Crippen molar-refractivity contribution >= 4 is 28.7 Å². The SMILES string of the molecule is Cc1ccc(O)c(C)c1-n1c(N)c(C(N)=O)c2nc(N3CC4CCC(C3)O4)cnc21. The van der Waals surface area contributed by atoms with Gasteiger partial charge in [-0.15, -0.1) is 0 Å². The molecule has 0 aliphatic carbocycles. The molecule has 0 radical (unpaired) electrons. The van der Waals surface area contributed by atoms with Gasteiger partial charge in [0.15, 0.2) is 5.65 Å².